The lowest BCUT2D eigenvalue weighted by atomic mass is 10.1. The molecule has 0 aliphatic heterocycles. The average molecular weight is 189 g/mol. The third-order valence-corrected chi connectivity index (χ3v) is 2.23. The molecule has 0 spiro atoms. The molecule has 3 nitrogen and oxygen atoms in total. The summed E-state index contributed by atoms with van der Waals surface area (Å²) in [6.07, 6.45) is 3.93. The van der Waals surface area contributed by atoms with Crippen LogP contribution in [0.5, 0.6) is 0 Å². The van der Waals surface area contributed by atoms with Crippen LogP contribution < -0.4 is 0 Å². The summed E-state index contributed by atoms with van der Waals surface area (Å²) in [7, 11) is 0. The van der Waals surface area contributed by atoms with Gasteiger partial charge in [-0.05, 0) is 5.92 Å². The summed E-state index contributed by atoms with van der Waals surface area (Å²) < 4.78 is 5.26. The third-order valence-electron chi connectivity index (χ3n) is 2.23. The molecule has 0 saturated carbocycles. The van der Waals surface area contributed by atoms with Gasteiger partial charge in [0.2, 0.25) is 0 Å². The molecule has 0 unspecified atom stereocenters. The Morgan fingerprint density at radius 2 is 2.29 bits per heavy atom. The van der Waals surface area contributed by atoms with Crippen molar-refractivity contribution in [3.05, 3.63) is 29.8 Å². The van der Waals surface area contributed by atoms with Crippen LogP contribution in [0.15, 0.2) is 22.9 Å². The van der Waals surface area contributed by atoms with E-state index in [0.29, 0.717) is 11.5 Å². The van der Waals surface area contributed by atoms with Gasteiger partial charge < -0.3 is 4.42 Å². The van der Waals surface area contributed by atoms with E-state index in [1.54, 1.807) is 6.20 Å². The van der Waals surface area contributed by atoms with Crippen LogP contribution in [0.1, 0.15) is 35.8 Å². The van der Waals surface area contributed by atoms with E-state index < -0.39 is 0 Å². The molecule has 0 radical (unpaired) electrons. The van der Waals surface area contributed by atoms with E-state index in [1.165, 1.54) is 6.26 Å². The largest absolute Gasteiger partial charge is 0.463 e. The van der Waals surface area contributed by atoms with Crippen molar-refractivity contribution < 1.29 is 9.21 Å². The second-order valence-corrected chi connectivity index (χ2v) is 3.57. The standard InChI is InChI=1S/C11H11NO2/c1-7(2)10-3-11-9(4-12-10)8(5-13)6-14-11/h3-7H,1-2H3. The van der Waals surface area contributed by atoms with E-state index in [4.69, 9.17) is 4.42 Å². The highest BCUT2D eigenvalue weighted by molar-refractivity contribution is 5.95. The van der Waals surface area contributed by atoms with Crippen molar-refractivity contribution >= 4 is 17.3 Å². The predicted octanol–water partition coefficient (Wildman–Crippen LogP) is 2.76. The maximum absolute atomic E-state index is 10.6. The van der Waals surface area contributed by atoms with Gasteiger partial charge in [-0.1, -0.05) is 13.8 Å². The maximum Gasteiger partial charge on any atom is 0.153 e. The van der Waals surface area contributed by atoms with Gasteiger partial charge in [0, 0.05) is 23.3 Å². The minimum atomic E-state index is 0.365. The highest BCUT2D eigenvalue weighted by Gasteiger charge is 2.08. The fraction of sp³-hybridized carbons (Fsp3) is 0.273. The fourth-order valence-electron chi connectivity index (χ4n) is 1.36. The minimum absolute atomic E-state index is 0.365. The molecule has 0 atom stereocenters. The summed E-state index contributed by atoms with van der Waals surface area (Å²) in [4.78, 5) is 14.9. The molecule has 14 heavy (non-hydrogen) atoms. The van der Waals surface area contributed by atoms with Crippen LogP contribution in [0.3, 0.4) is 0 Å². The van der Waals surface area contributed by atoms with Crippen molar-refractivity contribution in [3.63, 3.8) is 0 Å². The fourth-order valence-corrected chi connectivity index (χ4v) is 1.36. The molecule has 2 heterocycles. The lowest BCUT2D eigenvalue weighted by Crippen LogP contribution is -1.91. The van der Waals surface area contributed by atoms with Crippen molar-refractivity contribution in [2.75, 3.05) is 0 Å². The molecule has 2 rings (SSSR count). The van der Waals surface area contributed by atoms with E-state index in [1.807, 2.05) is 6.07 Å². The highest BCUT2D eigenvalue weighted by atomic mass is 16.3. The molecule has 2 aromatic rings. The number of aldehydes is 1. The number of fused-ring (bicyclic) bond motifs is 1. The monoisotopic (exact) mass is 189 g/mol. The molecule has 0 N–H and O–H groups in total. The zero-order valence-corrected chi connectivity index (χ0v) is 8.15. The SMILES string of the molecule is CC(C)c1cc2occ(C=O)c2cn1. The summed E-state index contributed by atoms with van der Waals surface area (Å²) in [5, 5.41) is 0.782. The Hall–Kier alpha value is -1.64. The lowest BCUT2D eigenvalue weighted by molar-refractivity contribution is 0.112. The quantitative estimate of drug-likeness (QED) is 0.682. The number of carbonyl (C=O) groups is 1. The first kappa shape index (κ1) is 8.94. The van der Waals surface area contributed by atoms with Gasteiger partial charge in [-0.2, -0.15) is 0 Å². The van der Waals surface area contributed by atoms with Gasteiger partial charge in [0.05, 0.1) is 5.56 Å². The van der Waals surface area contributed by atoms with Crippen LogP contribution in [-0.2, 0) is 0 Å². The van der Waals surface area contributed by atoms with E-state index in [2.05, 4.69) is 18.8 Å². The number of carbonyl (C=O) groups excluding carboxylic acids is 1. The Labute approximate surface area is 81.7 Å². The Bertz CT molecular complexity index is 471. The van der Waals surface area contributed by atoms with Crippen molar-refractivity contribution in [1.29, 1.82) is 0 Å². The molecule has 2 aromatic heterocycles. The van der Waals surface area contributed by atoms with Crippen molar-refractivity contribution in [2.24, 2.45) is 0 Å². The molecule has 0 aromatic carbocycles. The predicted molar refractivity (Wildman–Crippen MR) is 53.5 cm³/mol. The summed E-state index contributed by atoms with van der Waals surface area (Å²) in [6, 6.07) is 1.88. The highest BCUT2D eigenvalue weighted by Crippen LogP contribution is 2.22. The Morgan fingerprint density at radius 3 is 2.93 bits per heavy atom. The van der Waals surface area contributed by atoms with Gasteiger partial charge >= 0.3 is 0 Å². The van der Waals surface area contributed by atoms with Crippen molar-refractivity contribution in [2.45, 2.75) is 19.8 Å². The topological polar surface area (TPSA) is 43.1 Å². The van der Waals surface area contributed by atoms with Gasteiger partial charge in [-0.25, -0.2) is 0 Å². The Kier molecular flexibility index (Phi) is 2.08. The van der Waals surface area contributed by atoms with E-state index in [-0.39, 0.29) is 0 Å². The van der Waals surface area contributed by atoms with E-state index in [0.717, 1.165) is 22.9 Å². The molecular weight excluding hydrogens is 178 g/mol. The average Bonchev–Trinajstić information content (AvgIpc) is 2.59. The van der Waals surface area contributed by atoms with Gasteiger partial charge in [-0.15, -0.1) is 0 Å². The molecule has 0 aliphatic carbocycles. The normalized spacial score (nSPS) is 11.1. The molecule has 72 valence electrons. The smallest absolute Gasteiger partial charge is 0.153 e. The molecule has 0 saturated heterocycles. The van der Waals surface area contributed by atoms with Gasteiger partial charge in [0.1, 0.15) is 11.8 Å². The molecule has 0 aliphatic rings. The van der Waals surface area contributed by atoms with Crippen LogP contribution in [0.4, 0.5) is 0 Å². The summed E-state index contributed by atoms with van der Waals surface area (Å²) in [6.45, 7) is 4.13. The molecule has 0 amide bonds. The second-order valence-electron chi connectivity index (χ2n) is 3.57. The van der Waals surface area contributed by atoms with Crippen molar-refractivity contribution in [1.82, 2.24) is 4.98 Å². The van der Waals surface area contributed by atoms with Crippen LogP contribution in [-0.4, -0.2) is 11.3 Å². The zero-order chi connectivity index (χ0) is 10.1. The van der Waals surface area contributed by atoms with Crippen molar-refractivity contribution in [3.8, 4) is 0 Å². The number of rotatable bonds is 2. The number of hydrogen-bond acceptors (Lipinski definition) is 3. The zero-order valence-electron chi connectivity index (χ0n) is 8.15. The Balaban J connectivity index is 2.63. The molecule has 0 bridgehead atoms. The maximum atomic E-state index is 10.6. The molecule has 3 heteroatoms. The Morgan fingerprint density at radius 1 is 1.50 bits per heavy atom. The van der Waals surface area contributed by atoms with Crippen LogP contribution in [0.2, 0.25) is 0 Å². The first-order chi connectivity index (χ1) is 6.72. The third kappa shape index (κ3) is 1.31. The van der Waals surface area contributed by atoms with E-state index >= 15 is 0 Å². The van der Waals surface area contributed by atoms with E-state index in [9.17, 15) is 4.79 Å². The summed E-state index contributed by atoms with van der Waals surface area (Å²) in [5.74, 6) is 0.365. The molecule has 0 fully saturated rings. The number of hydrogen-bond donors (Lipinski definition) is 0. The number of pyridine rings is 1. The summed E-state index contributed by atoms with van der Waals surface area (Å²) >= 11 is 0. The lowest BCUT2D eigenvalue weighted by Gasteiger charge is -2.02. The van der Waals surface area contributed by atoms with Crippen LogP contribution in [0, 0.1) is 0 Å². The number of furan rings is 1. The van der Waals surface area contributed by atoms with Gasteiger partial charge in [0.15, 0.2) is 6.29 Å². The second kappa shape index (κ2) is 3.25. The van der Waals surface area contributed by atoms with Gasteiger partial charge in [-0.3, -0.25) is 9.78 Å². The molecular formula is C11H11NO2. The summed E-state index contributed by atoms with van der Waals surface area (Å²) in [5.41, 5.74) is 2.26. The first-order valence-electron chi connectivity index (χ1n) is 4.54. The van der Waals surface area contributed by atoms with Gasteiger partial charge in [0.25, 0.3) is 0 Å². The number of nitrogens with zero attached hydrogens (tertiary/aromatic N) is 1. The van der Waals surface area contributed by atoms with Crippen LogP contribution >= 0.6 is 0 Å². The minimum Gasteiger partial charge on any atom is -0.463 e. The van der Waals surface area contributed by atoms with Crippen LogP contribution in [0.25, 0.3) is 11.0 Å². The number of aromatic nitrogens is 1. The first-order valence-corrected chi connectivity index (χ1v) is 4.54.